The molecule has 0 aliphatic heterocycles. The lowest BCUT2D eigenvalue weighted by Crippen LogP contribution is -2.38. The highest BCUT2D eigenvalue weighted by Crippen LogP contribution is 2.23. The molecule has 1 rings (SSSR count). The van der Waals surface area contributed by atoms with E-state index in [1.165, 1.54) is 31.0 Å². The van der Waals surface area contributed by atoms with E-state index in [0.29, 0.717) is 17.1 Å². The van der Waals surface area contributed by atoms with Crippen molar-refractivity contribution in [3.8, 4) is 0 Å². The summed E-state index contributed by atoms with van der Waals surface area (Å²) in [6, 6.07) is 3.09. The van der Waals surface area contributed by atoms with Crippen LogP contribution in [0.1, 0.15) is 19.8 Å². The lowest BCUT2D eigenvalue weighted by atomic mass is 10.2. The van der Waals surface area contributed by atoms with E-state index >= 15 is 0 Å². The van der Waals surface area contributed by atoms with Crippen LogP contribution in [0.4, 0.5) is 8.78 Å². The summed E-state index contributed by atoms with van der Waals surface area (Å²) in [6.07, 6.45) is 1.43. The number of benzene rings is 1. The summed E-state index contributed by atoms with van der Waals surface area (Å²) in [6.45, 7) is 2.72. The average Bonchev–Trinajstić information content (AvgIpc) is 2.43. The van der Waals surface area contributed by atoms with Crippen LogP contribution in [0.2, 0.25) is 0 Å². The number of rotatable bonds is 8. The minimum Gasteiger partial charge on any atom is -0.468 e. The zero-order valence-electron chi connectivity index (χ0n) is 11.6. The van der Waals surface area contributed by atoms with E-state index in [2.05, 4.69) is 5.32 Å². The van der Waals surface area contributed by atoms with Gasteiger partial charge >= 0.3 is 5.97 Å². The van der Waals surface area contributed by atoms with E-state index in [1.807, 2.05) is 6.92 Å². The third-order valence-corrected chi connectivity index (χ3v) is 3.77. The molecule has 0 fully saturated rings. The number of methoxy groups -OCH3 is 1. The first-order valence-corrected chi connectivity index (χ1v) is 7.46. The van der Waals surface area contributed by atoms with Crippen molar-refractivity contribution in [2.24, 2.45) is 0 Å². The number of hydrogen-bond acceptors (Lipinski definition) is 4. The number of halogens is 2. The minimum atomic E-state index is -0.594. The summed E-state index contributed by atoms with van der Waals surface area (Å²) >= 11 is 1.26. The normalized spacial score (nSPS) is 12.2. The Morgan fingerprint density at radius 1 is 1.45 bits per heavy atom. The Hall–Kier alpha value is -1.14. The Kier molecular flexibility index (Phi) is 7.54. The van der Waals surface area contributed by atoms with Gasteiger partial charge in [-0.05, 0) is 31.5 Å². The largest absolute Gasteiger partial charge is 0.468 e. The van der Waals surface area contributed by atoms with Crippen molar-refractivity contribution < 1.29 is 18.3 Å². The summed E-state index contributed by atoms with van der Waals surface area (Å²) in [5.41, 5.74) is 0. The quantitative estimate of drug-likeness (QED) is 0.592. The van der Waals surface area contributed by atoms with Gasteiger partial charge in [0.2, 0.25) is 0 Å². The van der Waals surface area contributed by atoms with Crippen molar-refractivity contribution in [1.29, 1.82) is 0 Å². The van der Waals surface area contributed by atoms with Crippen LogP contribution >= 0.6 is 11.8 Å². The van der Waals surface area contributed by atoms with Gasteiger partial charge in [-0.1, -0.05) is 6.92 Å². The van der Waals surface area contributed by atoms with Gasteiger partial charge in [-0.3, -0.25) is 4.79 Å². The van der Waals surface area contributed by atoms with Crippen LogP contribution in [0, 0.1) is 11.6 Å². The number of ether oxygens (including phenoxy) is 1. The van der Waals surface area contributed by atoms with Gasteiger partial charge in [0.15, 0.2) is 0 Å². The number of hydrogen-bond donors (Lipinski definition) is 1. The van der Waals surface area contributed by atoms with Gasteiger partial charge in [0.25, 0.3) is 0 Å². The van der Waals surface area contributed by atoms with Gasteiger partial charge in [-0.15, -0.1) is 11.8 Å². The molecule has 0 saturated heterocycles. The summed E-state index contributed by atoms with van der Waals surface area (Å²) in [7, 11) is 1.34. The highest BCUT2D eigenvalue weighted by Gasteiger charge is 2.18. The molecule has 1 atom stereocenters. The first-order chi connectivity index (χ1) is 9.58. The van der Waals surface area contributed by atoms with Gasteiger partial charge in [0.1, 0.15) is 17.7 Å². The summed E-state index contributed by atoms with van der Waals surface area (Å²) < 4.78 is 30.9. The van der Waals surface area contributed by atoms with Crippen LogP contribution in [0.3, 0.4) is 0 Å². The van der Waals surface area contributed by atoms with Crippen molar-refractivity contribution in [1.82, 2.24) is 5.32 Å². The molecule has 0 radical (unpaired) electrons. The Labute approximate surface area is 122 Å². The van der Waals surface area contributed by atoms with Crippen LogP contribution < -0.4 is 5.32 Å². The molecule has 0 aliphatic rings. The van der Waals surface area contributed by atoms with Crippen LogP contribution in [-0.4, -0.2) is 31.4 Å². The fourth-order valence-electron chi connectivity index (χ4n) is 1.64. The average molecular weight is 303 g/mol. The third kappa shape index (κ3) is 5.46. The fraction of sp³-hybridized carbons (Fsp3) is 0.500. The molecular weight excluding hydrogens is 284 g/mol. The Bertz CT molecular complexity index is 443. The maximum Gasteiger partial charge on any atom is 0.322 e. The molecule has 0 saturated carbocycles. The number of nitrogens with one attached hydrogen (secondary N) is 1. The molecule has 1 aromatic rings. The standard InChI is InChI=1S/C14H19F2NO2S/c1-3-7-17-12(14(18)19-2)6-8-20-13-5-4-10(15)9-11(13)16/h4-5,9,12,17H,3,6-8H2,1-2H3. The summed E-state index contributed by atoms with van der Waals surface area (Å²) in [5, 5.41) is 3.09. The second-order valence-corrected chi connectivity index (χ2v) is 5.38. The molecular formula is C14H19F2NO2S. The maximum atomic E-state index is 13.4. The molecule has 0 spiro atoms. The lowest BCUT2D eigenvalue weighted by Gasteiger charge is -2.15. The number of esters is 1. The first kappa shape index (κ1) is 16.9. The van der Waals surface area contributed by atoms with Crippen LogP contribution in [0.5, 0.6) is 0 Å². The Balaban J connectivity index is 2.48. The van der Waals surface area contributed by atoms with E-state index < -0.39 is 17.7 Å². The monoisotopic (exact) mass is 303 g/mol. The highest BCUT2D eigenvalue weighted by molar-refractivity contribution is 7.99. The number of carbonyl (C=O) groups is 1. The highest BCUT2D eigenvalue weighted by atomic mass is 32.2. The molecule has 3 nitrogen and oxygen atoms in total. The number of thioether (sulfide) groups is 1. The van der Waals surface area contributed by atoms with Crippen LogP contribution in [0.25, 0.3) is 0 Å². The molecule has 20 heavy (non-hydrogen) atoms. The Morgan fingerprint density at radius 2 is 2.20 bits per heavy atom. The smallest absolute Gasteiger partial charge is 0.322 e. The zero-order chi connectivity index (χ0) is 15.0. The lowest BCUT2D eigenvalue weighted by molar-refractivity contribution is -0.143. The molecule has 1 aromatic carbocycles. The predicted octanol–water partition coefficient (Wildman–Crippen LogP) is 2.99. The fourth-order valence-corrected chi connectivity index (χ4v) is 2.58. The molecule has 0 heterocycles. The molecule has 1 unspecified atom stereocenters. The maximum absolute atomic E-state index is 13.4. The second kappa shape index (κ2) is 8.92. The molecule has 0 aliphatic carbocycles. The van der Waals surface area contributed by atoms with Gasteiger partial charge < -0.3 is 10.1 Å². The van der Waals surface area contributed by atoms with E-state index in [9.17, 15) is 13.6 Å². The van der Waals surface area contributed by atoms with Crippen molar-refractivity contribution in [2.45, 2.75) is 30.7 Å². The predicted molar refractivity (Wildman–Crippen MR) is 75.8 cm³/mol. The van der Waals surface area contributed by atoms with Crippen LogP contribution in [-0.2, 0) is 9.53 Å². The SMILES string of the molecule is CCCNC(CCSc1ccc(F)cc1F)C(=O)OC. The van der Waals surface area contributed by atoms with Gasteiger partial charge in [-0.25, -0.2) is 8.78 Å². The van der Waals surface area contributed by atoms with Gasteiger partial charge in [0.05, 0.1) is 7.11 Å². The van der Waals surface area contributed by atoms with E-state index in [1.54, 1.807) is 0 Å². The van der Waals surface area contributed by atoms with Gasteiger partial charge in [-0.2, -0.15) is 0 Å². The molecule has 112 valence electrons. The molecule has 6 heteroatoms. The second-order valence-electron chi connectivity index (χ2n) is 4.24. The van der Waals surface area contributed by atoms with Gasteiger partial charge in [0, 0.05) is 16.7 Å². The first-order valence-electron chi connectivity index (χ1n) is 6.47. The third-order valence-electron chi connectivity index (χ3n) is 2.68. The van der Waals surface area contributed by atoms with Crippen molar-refractivity contribution >= 4 is 17.7 Å². The minimum absolute atomic E-state index is 0.321. The van der Waals surface area contributed by atoms with E-state index in [4.69, 9.17) is 4.74 Å². The summed E-state index contributed by atoms with van der Waals surface area (Å²) in [4.78, 5) is 11.9. The molecule has 0 bridgehead atoms. The topological polar surface area (TPSA) is 38.3 Å². The van der Waals surface area contributed by atoms with Crippen molar-refractivity contribution in [3.05, 3.63) is 29.8 Å². The van der Waals surface area contributed by atoms with Crippen molar-refractivity contribution in [3.63, 3.8) is 0 Å². The van der Waals surface area contributed by atoms with E-state index in [-0.39, 0.29) is 5.97 Å². The van der Waals surface area contributed by atoms with Crippen LogP contribution in [0.15, 0.2) is 23.1 Å². The zero-order valence-corrected chi connectivity index (χ0v) is 12.4. The Morgan fingerprint density at radius 3 is 2.80 bits per heavy atom. The summed E-state index contributed by atoms with van der Waals surface area (Å²) in [5.74, 6) is -0.951. The molecule has 0 amide bonds. The molecule has 0 aromatic heterocycles. The van der Waals surface area contributed by atoms with E-state index in [0.717, 1.165) is 19.0 Å². The molecule has 1 N–H and O–H groups in total. The van der Waals surface area contributed by atoms with Crippen molar-refractivity contribution in [2.75, 3.05) is 19.4 Å². The number of carbonyl (C=O) groups excluding carboxylic acids is 1.